The Hall–Kier alpha value is -1.09. The summed E-state index contributed by atoms with van der Waals surface area (Å²) in [6, 6.07) is 11.0. The van der Waals surface area contributed by atoms with E-state index in [1.54, 1.807) is 21.3 Å². The van der Waals surface area contributed by atoms with Gasteiger partial charge in [-0.2, -0.15) is 0 Å². The van der Waals surface area contributed by atoms with Crippen molar-refractivity contribution in [2.24, 2.45) is 4.99 Å². The molecule has 1 rings (SSSR count). The number of nitrogens with one attached hydrogen (secondary N) is 1. The number of aliphatic hydroxyl groups is 1. The second-order valence-electron chi connectivity index (χ2n) is 5.47. The summed E-state index contributed by atoms with van der Waals surface area (Å²) in [7, 11) is 2.37. The second kappa shape index (κ2) is 12.3. The van der Waals surface area contributed by atoms with Gasteiger partial charge in [0.2, 0.25) is 0 Å². The van der Waals surface area contributed by atoms with Crippen LogP contribution in [0.3, 0.4) is 0 Å². The highest BCUT2D eigenvalue weighted by Crippen LogP contribution is 2.17. The molecule has 0 amide bonds. The number of hydrogen-bond acceptors (Lipinski definition) is 6. The Kier molecular flexibility index (Phi) is 10.7. The van der Waals surface area contributed by atoms with Crippen LogP contribution in [0.15, 0.2) is 35.3 Å². The molecule has 2 N–H and O–H groups in total. The molecule has 0 aromatic heterocycles. The minimum Gasteiger partial charge on any atom is -0.395 e. The van der Waals surface area contributed by atoms with E-state index in [9.17, 15) is 0 Å². The molecule has 7 heteroatoms. The summed E-state index contributed by atoms with van der Waals surface area (Å²) < 4.78 is 16.3. The molecular weight excluding hydrogens is 324 g/mol. The fraction of sp³-hybridized carbons (Fsp3) is 0.588. The lowest BCUT2D eigenvalue weighted by atomic mass is 10.1. The van der Waals surface area contributed by atoms with Gasteiger partial charge in [0.1, 0.15) is 0 Å². The number of rotatable bonds is 13. The molecule has 0 saturated carbocycles. The van der Waals surface area contributed by atoms with Gasteiger partial charge < -0.3 is 23.7 Å². The van der Waals surface area contributed by atoms with Gasteiger partial charge in [-0.1, -0.05) is 30.3 Å². The van der Waals surface area contributed by atoms with Gasteiger partial charge in [-0.25, -0.2) is 0 Å². The molecule has 6 nitrogen and oxygen atoms in total. The van der Waals surface area contributed by atoms with Gasteiger partial charge in [0.15, 0.2) is 0 Å². The van der Waals surface area contributed by atoms with Crippen LogP contribution >= 0.6 is 0 Å². The standard InChI is InChI=1S/C17H30N2O4Si/c1-21-24(22-2,23-3)13-7-10-17(19-11-12-20)15-18-14-16-8-5-4-6-9-16/h4-6,8-9,14,17,19-20H,7,10-13,15H2,1-3H3. The van der Waals surface area contributed by atoms with Crippen molar-refractivity contribution in [3.05, 3.63) is 35.9 Å². The first-order valence-corrected chi connectivity index (χ1v) is 10.2. The van der Waals surface area contributed by atoms with E-state index in [-0.39, 0.29) is 12.6 Å². The number of hydrogen-bond donors (Lipinski definition) is 2. The molecule has 0 saturated heterocycles. The largest absolute Gasteiger partial charge is 0.500 e. The lowest BCUT2D eigenvalue weighted by Gasteiger charge is -2.25. The first kappa shape index (κ1) is 21.0. The van der Waals surface area contributed by atoms with Crippen molar-refractivity contribution in [1.82, 2.24) is 5.32 Å². The van der Waals surface area contributed by atoms with E-state index in [4.69, 9.17) is 18.4 Å². The summed E-state index contributed by atoms with van der Waals surface area (Å²) >= 11 is 0. The summed E-state index contributed by atoms with van der Waals surface area (Å²) in [6.45, 7) is 1.34. The molecule has 0 fully saturated rings. The van der Waals surface area contributed by atoms with E-state index in [0.29, 0.717) is 13.1 Å². The normalized spacial score (nSPS) is 13.5. The number of aliphatic imine (C=N–C) groups is 1. The van der Waals surface area contributed by atoms with Crippen molar-refractivity contribution in [2.75, 3.05) is 41.0 Å². The van der Waals surface area contributed by atoms with E-state index in [1.165, 1.54) is 0 Å². The van der Waals surface area contributed by atoms with Gasteiger partial charge in [0, 0.05) is 46.2 Å². The fourth-order valence-electron chi connectivity index (χ4n) is 2.47. The van der Waals surface area contributed by atoms with Crippen LogP contribution in [-0.2, 0) is 13.3 Å². The summed E-state index contributed by atoms with van der Waals surface area (Å²) in [5, 5.41) is 12.4. The highest BCUT2D eigenvalue weighted by Gasteiger charge is 2.37. The quantitative estimate of drug-likeness (QED) is 0.417. The average Bonchev–Trinajstić information content (AvgIpc) is 2.64. The Bertz CT molecular complexity index is 447. The summed E-state index contributed by atoms with van der Waals surface area (Å²) in [4.78, 5) is 4.52. The third kappa shape index (κ3) is 7.65. The molecule has 1 aromatic carbocycles. The van der Waals surface area contributed by atoms with Crippen LogP contribution in [0.2, 0.25) is 6.04 Å². The van der Waals surface area contributed by atoms with Crippen LogP contribution in [0.1, 0.15) is 18.4 Å². The Labute approximate surface area is 146 Å². The van der Waals surface area contributed by atoms with Crippen LogP contribution in [-0.4, -0.2) is 67.2 Å². The van der Waals surface area contributed by atoms with Crippen molar-refractivity contribution in [3.63, 3.8) is 0 Å². The van der Waals surface area contributed by atoms with Crippen molar-refractivity contribution < 1.29 is 18.4 Å². The zero-order valence-electron chi connectivity index (χ0n) is 14.9. The Morgan fingerprint density at radius 3 is 2.42 bits per heavy atom. The first-order valence-electron chi connectivity index (χ1n) is 8.24. The maximum atomic E-state index is 9.03. The van der Waals surface area contributed by atoms with Crippen molar-refractivity contribution in [2.45, 2.75) is 24.9 Å². The molecule has 0 bridgehead atoms. The molecule has 0 spiro atoms. The monoisotopic (exact) mass is 354 g/mol. The lowest BCUT2D eigenvalue weighted by Crippen LogP contribution is -2.43. The predicted octanol–water partition coefficient (Wildman–Crippen LogP) is 1.71. The average molecular weight is 355 g/mol. The van der Waals surface area contributed by atoms with Gasteiger partial charge in [-0.3, -0.25) is 4.99 Å². The van der Waals surface area contributed by atoms with Crippen molar-refractivity contribution >= 4 is 15.0 Å². The number of aliphatic hydroxyl groups excluding tert-OH is 1. The van der Waals surface area contributed by atoms with Crippen molar-refractivity contribution in [1.29, 1.82) is 0 Å². The molecule has 0 aliphatic carbocycles. The molecule has 24 heavy (non-hydrogen) atoms. The highest BCUT2D eigenvalue weighted by molar-refractivity contribution is 6.60. The molecule has 136 valence electrons. The first-order chi connectivity index (χ1) is 11.7. The molecule has 0 aliphatic rings. The molecule has 0 aliphatic heterocycles. The highest BCUT2D eigenvalue weighted by atomic mass is 28.4. The second-order valence-corrected chi connectivity index (χ2v) is 8.56. The number of nitrogens with zero attached hydrogens (tertiary/aromatic N) is 1. The van der Waals surface area contributed by atoms with Crippen LogP contribution in [0.4, 0.5) is 0 Å². The van der Waals surface area contributed by atoms with Crippen LogP contribution in [0, 0.1) is 0 Å². The molecular formula is C17H30N2O4Si. The van der Waals surface area contributed by atoms with Crippen LogP contribution < -0.4 is 5.32 Å². The summed E-state index contributed by atoms with van der Waals surface area (Å²) in [5.74, 6) is 0. The fourth-order valence-corrected chi connectivity index (χ4v) is 4.22. The topological polar surface area (TPSA) is 72.3 Å². The molecule has 0 radical (unpaired) electrons. The summed E-state index contributed by atoms with van der Waals surface area (Å²) in [5.41, 5.74) is 1.09. The van der Waals surface area contributed by atoms with Gasteiger partial charge >= 0.3 is 8.80 Å². The SMILES string of the molecule is CO[Si](CCCC(CN=Cc1ccccc1)NCCO)(OC)OC. The minimum atomic E-state index is -2.51. The Balaban J connectivity index is 2.48. The van der Waals surface area contributed by atoms with E-state index in [0.717, 1.165) is 24.4 Å². The molecule has 1 atom stereocenters. The maximum absolute atomic E-state index is 9.03. The summed E-state index contributed by atoms with van der Waals surface area (Å²) in [6.07, 6.45) is 3.70. The van der Waals surface area contributed by atoms with Crippen LogP contribution in [0.5, 0.6) is 0 Å². The predicted molar refractivity (Wildman–Crippen MR) is 98.6 cm³/mol. The van der Waals surface area contributed by atoms with E-state index < -0.39 is 8.80 Å². The number of benzene rings is 1. The Morgan fingerprint density at radius 1 is 1.17 bits per heavy atom. The zero-order valence-corrected chi connectivity index (χ0v) is 15.9. The molecule has 0 heterocycles. The minimum absolute atomic E-state index is 0.117. The third-order valence-electron chi connectivity index (χ3n) is 3.88. The van der Waals surface area contributed by atoms with Crippen molar-refractivity contribution in [3.8, 4) is 0 Å². The zero-order chi connectivity index (χ0) is 17.7. The molecule has 1 aromatic rings. The lowest BCUT2D eigenvalue weighted by molar-refractivity contribution is 0.122. The maximum Gasteiger partial charge on any atom is 0.500 e. The Morgan fingerprint density at radius 2 is 1.83 bits per heavy atom. The van der Waals surface area contributed by atoms with Gasteiger partial charge in [0.05, 0.1) is 13.2 Å². The van der Waals surface area contributed by atoms with Gasteiger partial charge in [0.25, 0.3) is 0 Å². The smallest absolute Gasteiger partial charge is 0.395 e. The van der Waals surface area contributed by atoms with Crippen LogP contribution in [0.25, 0.3) is 0 Å². The van der Waals surface area contributed by atoms with E-state index >= 15 is 0 Å². The van der Waals surface area contributed by atoms with E-state index in [1.807, 2.05) is 36.5 Å². The third-order valence-corrected chi connectivity index (χ3v) is 6.71. The molecule has 1 unspecified atom stereocenters. The van der Waals surface area contributed by atoms with E-state index in [2.05, 4.69) is 10.3 Å². The van der Waals surface area contributed by atoms with Gasteiger partial charge in [-0.05, 0) is 18.4 Å². The van der Waals surface area contributed by atoms with Gasteiger partial charge in [-0.15, -0.1) is 0 Å².